The Bertz CT molecular complexity index is 1350. The lowest BCUT2D eigenvalue weighted by Gasteiger charge is -2.51. The van der Waals surface area contributed by atoms with Crippen molar-refractivity contribution >= 4 is 16.9 Å². The van der Waals surface area contributed by atoms with Gasteiger partial charge < -0.3 is 19.3 Å². The molecule has 2 aromatic heterocycles. The molecule has 2 fully saturated rings. The van der Waals surface area contributed by atoms with Crippen LogP contribution in [0.4, 0.5) is 5.82 Å². The molecule has 4 aromatic rings. The third-order valence-electron chi connectivity index (χ3n) is 7.94. The van der Waals surface area contributed by atoms with Crippen molar-refractivity contribution in [2.24, 2.45) is 5.41 Å². The molecular weight excluding hydrogens is 452 g/mol. The second kappa shape index (κ2) is 9.52. The van der Waals surface area contributed by atoms with E-state index in [1.165, 1.54) is 0 Å². The van der Waals surface area contributed by atoms with Gasteiger partial charge in [-0.15, -0.1) is 0 Å². The van der Waals surface area contributed by atoms with Crippen LogP contribution in [0.1, 0.15) is 31.4 Å². The topological polar surface area (TPSA) is 79.5 Å². The van der Waals surface area contributed by atoms with Gasteiger partial charge >= 0.3 is 0 Å². The van der Waals surface area contributed by atoms with Crippen molar-refractivity contribution in [1.29, 1.82) is 0 Å². The monoisotopic (exact) mass is 484 g/mol. The summed E-state index contributed by atoms with van der Waals surface area (Å²) in [7, 11) is 1.68. The molecule has 186 valence electrons. The van der Waals surface area contributed by atoms with Crippen molar-refractivity contribution in [3.63, 3.8) is 0 Å². The fourth-order valence-corrected chi connectivity index (χ4v) is 5.87. The van der Waals surface area contributed by atoms with Crippen LogP contribution in [-0.4, -0.2) is 62.5 Å². The van der Waals surface area contributed by atoms with Crippen LogP contribution in [0.5, 0.6) is 5.75 Å². The summed E-state index contributed by atoms with van der Waals surface area (Å²) < 4.78 is 7.48. The van der Waals surface area contributed by atoms with Crippen molar-refractivity contribution in [2.45, 2.75) is 38.5 Å². The first-order chi connectivity index (χ1) is 17.6. The number of ether oxygens (including phenoxy) is 1. The standard InChI is InChI=1S/C28H32N6O2/c1-36-23-7-4-6-21(16-23)34-20-29-17-22(34)19-33-13-5-10-28(27(33)35)11-14-32(15-12-28)26-18-30-24-8-2-3-9-25(24)31-26/h2-4,6-9,16-18,20,27,35H,5,10-15,19H2,1H3. The quantitative estimate of drug-likeness (QED) is 0.458. The third kappa shape index (κ3) is 4.20. The first-order valence-corrected chi connectivity index (χ1v) is 12.7. The molecule has 6 rings (SSSR count). The van der Waals surface area contributed by atoms with Crippen LogP contribution in [0.2, 0.25) is 0 Å². The molecule has 1 atom stereocenters. The van der Waals surface area contributed by atoms with Gasteiger partial charge in [-0.25, -0.2) is 9.97 Å². The largest absolute Gasteiger partial charge is 0.497 e. The van der Waals surface area contributed by atoms with Crippen molar-refractivity contribution in [2.75, 3.05) is 31.6 Å². The van der Waals surface area contributed by atoms with Gasteiger partial charge in [0.15, 0.2) is 0 Å². The second-order valence-electron chi connectivity index (χ2n) is 9.97. The number of nitrogens with zero attached hydrogens (tertiary/aromatic N) is 6. The molecule has 1 N–H and O–H groups in total. The zero-order valence-corrected chi connectivity index (χ0v) is 20.6. The van der Waals surface area contributed by atoms with Crippen LogP contribution in [0, 0.1) is 5.41 Å². The van der Waals surface area contributed by atoms with Crippen molar-refractivity contribution in [3.8, 4) is 11.4 Å². The number of imidazole rings is 1. The first-order valence-electron chi connectivity index (χ1n) is 12.7. The summed E-state index contributed by atoms with van der Waals surface area (Å²) in [6.07, 6.45) is 9.14. The number of likely N-dealkylation sites (tertiary alicyclic amines) is 1. The Balaban J connectivity index is 1.16. The molecule has 0 amide bonds. The number of methoxy groups -OCH3 is 1. The van der Waals surface area contributed by atoms with E-state index in [1.807, 2.05) is 67.3 Å². The number of fused-ring (bicyclic) bond motifs is 1. The van der Waals surface area contributed by atoms with Gasteiger partial charge in [-0.3, -0.25) is 9.88 Å². The number of hydrogen-bond acceptors (Lipinski definition) is 7. The van der Waals surface area contributed by atoms with Gasteiger partial charge in [-0.2, -0.15) is 0 Å². The van der Waals surface area contributed by atoms with Crippen LogP contribution in [0.25, 0.3) is 16.7 Å². The fraction of sp³-hybridized carbons (Fsp3) is 0.393. The lowest BCUT2D eigenvalue weighted by atomic mass is 9.71. The summed E-state index contributed by atoms with van der Waals surface area (Å²) in [4.78, 5) is 18.4. The molecular formula is C28H32N6O2. The van der Waals surface area contributed by atoms with Crippen LogP contribution < -0.4 is 9.64 Å². The van der Waals surface area contributed by atoms with E-state index in [-0.39, 0.29) is 5.41 Å². The van der Waals surface area contributed by atoms with Crippen molar-refractivity contribution in [3.05, 3.63) is 72.9 Å². The number of benzene rings is 2. The molecule has 0 radical (unpaired) electrons. The molecule has 36 heavy (non-hydrogen) atoms. The molecule has 1 unspecified atom stereocenters. The zero-order valence-electron chi connectivity index (χ0n) is 20.6. The van der Waals surface area contributed by atoms with E-state index in [1.54, 1.807) is 7.11 Å². The molecule has 2 saturated heterocycles. The Labute approximate surface area is 211 Å². The highest BCUT2D eigenvalue weighted by atomic mass is 16.5. The molecule has 2 aliphatic rings. The SMILES string of the molecule is COc1cccc(-n2cncc2CN2CCCC3(CCN(c4cnc5ccccc5n4)CC3)C2O)c1. The Hall–Kier alpha value is -3.49. The van der Waals surface area contributed by atoms with Crippen molar-refractivity contribution in [1.82, 2.24) is 24.4 Å². The van der Waals surface area contributed by atoms with Gasteiger partial charge in [0.25, 0.3) is 0 Å². The maximum absolute atomic E-state index is 11.6. The third-order valence-corrected chi connectivity index (χ3v) is 7.94. The van der Waals surface area contributed by atoms with E-state index >= 15 is 0 Å². The number of aromatic nitrogens is 4. The Kier molecular flexibility index (Phi) is 6.07. The van der Waals surface area contributed by atoms with E-state index in [0.717, 1.165) is 79.3 Å². The van der Waals surface area contributed by atoms with Crippen LogP contribution in [-0.2, 0) is 6.54 Å². The fourth-order valence-electron chi connectivity index (χ4n) is 5.87. The highest BCUT2D eigenvalue weighted by molar-refractivity contribution is 5.75. The van der Waals surface area contributed by atoms with Gasteiger partial charge in [0.05, 0.1) is 42.0 Å². The molecule has 2 aliphatic heterocycles. The van der Waals surface area contributed by atoms with Gasteiger partial charge in [-0.05, 0) is 49.9 Å². The minimum absolute atomic E-state index is 0.0974. The van der Waals surface area contributed by atoms with E-state index in [0.29, 0.717) is 6.54 Å². The number of hydrogen-bond donors (Lipinski definition) is 1. The van der Waals surface area contributed by atoms with E-state index in [2.05, 4.69) is 24.3 Å². The molecule has 4 heterocycles. The predicted octanol–water partition coefficient (Wildman–Crippen LogP) is 4.03. The van der Waals surface area contributed by atoms with Gasteiger partial charge in [0, 0.05) is 43.9 Å². The number of para-hydroxylation sites is 2. The van der Waals surface area contributed by atoms with Crippen LogP contribution >= 0.6 is 0 Å². The highest BCUT2D eigenvalue weighted by Gasteiger charge is 2.46. The van der Waals surface area contributed by atoms with Gasteiger partial charge in [0.2, 0.25) is 0 Å². The summed E-state index contributed by atoms with van der Waals surface area (Å²) in [5, 5.41) is 11.6. The summed E-state index contributed by atoms with van der Waals surface area (Å²) in [5.74, 6) is 1.74. The summed E-state index contributed by atoms with van der Waals surface area (Å²) in [6, 6.07) is 16.0. The number of piperidine rings is 2. The zero-order chi connectivity index (χ0) is 24.5. The number of aliphatic hydroxyl groups excluding tert-OH is 1. The van der Waals surface area contributed by atoms with Crippen LogP contribution in [0.3, 0.4) is 0 Å². The molecule has 1 spiro atoms. The van der Waals surface area contributed by atoms with Gasteiger partial charge in [-0.1, -0.05) is 18.2 Å². The first kappa shape index (κ1) is 22.9. The minimum Gasteiger partial charge on any atom is -0.497 e. The number of rotatable bonds is 5. The molecule has 8 nitrogen and oxygen atoms in total. The average molecular weight is 485 g/mol. The summed E-state index contributed by atoms with van der Waals surface area (Å²) in [5.41, 5.74) is 3.81. The van der Waals surface area contributed by atoms with Gasteiger partial charge in [0.1, 0.15) is 17.8 Å². The minimum atomic E-state index is -0.482. The normalized spacial score (nSPS) is 20.2. The highest BCUT2D eigenvalue weighted by Crippen LogP contribution is 2.44. The van der Waals surface area contributed by atoms with E-state index < -0.39 is 6.23 Å². The number of anilines is 1. The molecule has 0 saturated carbocycles. The molecule has 2 aromatic carbocycles. The van der Waals surface area contributed by atoms with Crippen LogP contribution in [0.15, 0.2) is 67.3 Å². The Morgan fingerprint density at radius 2 is 1.83 bits per heavy atom. The molecule has 0 aliphatic carbocycles. The number of aliphatic hydroxyl groups is 1. The maximum Gasteiger partial charge on any atom is 0.147 e. The van der Waals surface area contributed by atoms with E-state index in [9.17, 15) is 5.11 Å². The lowest BCUT2D eigenvalue weighted by molar-refractivity contribution is -0.135. The summed E-state index contributed by atoms with van der Waals surface area (Å²) in [6.45, 7) is 3.28. The van der Waals surface area contributed by atoms with Crippen molar-refractivity contribution < 1.29 is 9.84 Å². The molecule has 8 heteroatoms. The smallest absolute Gasteiger partial charge is 0.147 e. The average Bonchev–Trinajstić information content (AvgIpc) is 3.40. The Morgan fingerprint density at radius 3 is 2.67 bits per heavy atom. The van der Waals surface area contributed by atoms with E-state index in [4.69, 9.17) is 9.72 Å². The Morgan fingerprint density at radius 1 is 1.00 bits per heavy atom. The summed E-state index contributed by atoms with van der Waals surface area (Å²) >= 11 is 0. The lowest BCUT2D eigenvalue weighted by Crippen LogP contribution is -2.56. The maximum atomic E-state index is 11.6. The second-order valence-corrected chi connectivity index (χ2v) is 9.97. The molecule has 0 bridgehead atoms. The predicted molar refractivity (Wildman–Crippen MR) is 139 cm³/mol.